The zero-order valence-electron chi connectivity index (χ0n) is 22.4. The van der Waals surface area contributed by atoms with Crippen molar-refractivity contribution in [2.45, 2.75) is 44.3 Å². The number of fused-ring (bicyclic) bond motifs is 3. The van der Waals surface area contributed by atoms with Gasteiger partial charge in [-0.3, -0.25) is 0 Å². The predicted octanol–water partition coefficient (Wildman–Crippen LogP) is 4.31. The van der Waals surface area contributed by atoms with Crippen LogP contribution in [0, 0.1) is 17.4 Å². The van der Waals surface area contributed by atoms with Gasteiger partial charge in [0.15, 0.2) is 6.19 Å². The highest BCUT2D eigenvalue weighted by Gasteiger charge is 2.43. The summed E-state index contributed by atoms with van der Waals surface area (Å²) in [6.45, 7) is 5.84. The summed E-state index contributed by atoms with van der Waals surface area (Å²) >= 11 is 6.70. The van der Waals surface area contributed by atoms with E-state index < -0.39 is 0 Å². The summed E-state index contributed by atoms with van der Waals surface area (Å²) in [5.74, 6) is 1.52. The Balaban J connectivity index is 1.24. The third-order valence-corrected chi connectivity index (χ3v) is 9.55. The van der Waals surface area contributed by atoms with Gasteiger partial charge in [-0.25, -0.2) is 0 Å². The Morgan fingerprint density at radius 2 is 1.95 bits per heavy atom. The molecule has 0 saturated carbocycles. The molecule has 0 aliphatic carbocycles. The SMILES string of the molecule is CN1CCC[C@H]1COc1nc2c(c(N3CC[C@H]4CN(C#N)C[C@H]43)n1)CCN(c1cccc3cccc(Cl)c13)C2. The fraction of sp³-hybridized carbons (Fsp3) is 0.500. The summed E-state index contributed by atoms with van der Waals surface area (Å²) < 4.78 is 6.32. The number of nitrogens with zero attached hydrogens (tertiary/aromatic N) is 7. The van der Waals surface area contributed by atoms with E-state index in [9.17, 15) is 5.26 Å². The maximum absolute atomic E-state index is 9.53. The van der Waals surface area contributed by atoms with E-state index in [4.69, 9.17) is 26.3 Å². The van der Waals surface area contributed by atoms with E-state index in [1.165, 1.54) is 12.0 Å². The highest BCUT2D eigenvalue weighted by molar-refractivity contribution is 6.36. The van der Waals surface area contributed by atoms with Crippen molar-refractivity contribution in [3.8, 4) is 12.2 Å². The van der Waals surface area contributed by atoms with Gasteiger partial charge in [0.1, 0.15) is 12.4 Å². The monoisotopic (exact) mass is 543 g/mol. The molecule has 2 aromatic carbocycles. The third kappa shape index (κ3) is 4.42. The van der Waals surface area contributed by atoms with Crippen LogP contribution in [0.1, 0.15) is 30.5 Å². The van der Waals surface area contributed by atoms with Crippen molar-refractivity contribution in [3.05, 3.63) is 52.7 Å². The van der Waals surface area contributed by atoms with Gasteiger partial charge < -0.3 is 24.3 Å². The summed E-state index contributed by atoms with van der Waals surface area (Å²) in [6.07, 6.45) is 6.65. The minimum Gasteiger partial charge on any atom is -0.462 e. The Labute approximate surface area is 234 Å². The van der Waals surface area contributed by atoms with E-state index in [2.05, 4.69) is 52.2 Å². The van der Waals surface area contributed by atoms with E-state index in [0.29, 0.717) is 37.2 Å². The van der Waals surface area contributed by atoms with Crippen molar-refractivity contribution in [2.24, 2.45) is 5.92 Å². The molecule has 0 unspecified atom stereocenters. The van der Waals surface area contributed by atoms with Crippen molar-refractivity contribution in [2.75, 3.05) is 56.2 Å². The van der Waals surface area contributed by atoms with Crippen LogP contribution in [0.4, 0.5) is 11.5 Å². The number of rotatable bonds is 5. The summed E-state index contributed by atoms with van der Waals surface area (Å²) in [6, 6.07) is 13.7. The van der Waals surface area contributed by atoms with Gasteiger partial charge in [0.2, 0.25) is 0 Å². The molecule has 0 amide bonds. The van der Waals surface area contributed by atoms with Crippen LogP contribution in [-0.2, 0) is 13.0 Å². The lowest BCUT2D eigenvalue weighted by molar-refractivity contribution is 0.187. The number of anilines is 2. The second kappa shape index (κ2) is 10.0. The molecule has 3 fully saturated rings. The maximum atomic E-state index is 9.53. The summed E-state index contributed by atoms with van der Waals surface area (Å²) in [5.41, 5.74) is 3.39. The Kier molecular flexibility index (Phi) is 6.37. The van der Waals surface area contributed by atoms with Gasteiger partial charge in [-0.2, -0.15) is 15.2 Å². The van der Waals surface area contributed by atoms with Crippen LogP contribution in [0.25, 0.3) is 10.8 Å². The van der Waals surface area contributed by atoms with Gasteiger partial charge in [0, 0.05) is 54.8 Å². The first-order valence-corrected chi connectivity index (χ1v) is 14.5. The molecule has 202 valence electrons. The maximum Gasteiger partial charge on any atom is 0.318 e. The average molecular weight is 544 g/mol. The lowest BCUT2D eigenvalue weighted by Gasteiger charge is -2.34. The van der Waals surface area contributed by atoms with Crippen molar-refractivity contribution < 1.29 is 4.74 Å². The number of ether oxygens (including phenoxy) is 1. The van der Waals surface area contributed by atoms with Crippen molar-refractivity contribution in [1.29, 1.82) is 5.26 Å². The Morgan fingerprint density at radius 1 is 1.08 bits per heavy atom. The number of nitriles is 1. The van der Waals surface area contributed by atoms with Gasteiger partial charge >= 0.3 is 6.01 Å². The average Bonchev–Trinajstić information content (AvgIpc) is 3.67. The normalized spacial score (nSPS) is 24.7. The minimum atomic E-state index is 0.312. The van der Waals surface area contributed by atoms with Crippen LogP contribution in [-0.4, -0.2) is 78.2 Å². The van der Waals surface area contributed by atoms with Gasteiger partial charge in [-0.15, -0.1) is 0 Å². The van der Waals surface area contributed by atoms with Gasteiger partial charge in [0.05, 0.1) is 23.3 Å². The number of likely N-dealkylation sites (N-methyl/N-ethyl adjacent to an activating group) is 1. The van der Waals surface area contributed by atoms with Crippen LogP contribution in [0.3, 0.4) is 0 Å². The van der Waals surface area contributed by atoms with E-state index in [1.54, 1.807) is 0 Å². The highest BCUT2D eigenvalue weighted by Crippen LogP contribution is 2.40. The lowest BCUT2D eigenvalue weighted by Crippen LogP contribution is -2.38. The summed E-state index contributed by atoms with van der Waals surface area (Å²) in [7, 11) is 2.17. The zero-order chi connectivity index (χ0) is 26.5. The molecule has 0 N–H and O–H groups in total. The molecule has 5 heterocycles. The molecule has 1 aromatic heterocycles. The van der Waals surface area contributed by atoms with Crippen molar-refractivity contribution >= 4 is 33.9 Å². The van der Waals surface area contributed by atoms with Crippen molar-refractivity contribution in [1.82, 2.24) is 19.8 Å². The Morgan fingerprint density at radius 3 is 2.77 bits per heavy atom. The predicted molar refractivity (Wildman–Crippen MR) is 153 cm³/mol. The molecule has 9 heteroatoms. The third-order valence-electron chi connectivity index (χ3n) is 9.23. The molecule has 7 rings (SSSR count). The molecule has 0 radical (unpaired) electrons. The quantitative estimate of drug-likeness (QED) is 0.441. The molecule has 39 heavy (non-hydrogen) atoms. The molecule has 4 aliphatic heterocycles. The van der Waals surface area contributed by atoms with Gasteiger partial charge in [0.25, 0.3) is 0 Å². The number of aromatic nitrogens is 2. The fourth-order valence-electron chi connectivity index (χ4n) is 7.10. The summed E-state index contributed by atoms with van der Waals surface area (Å²) in [5, 5.41) is 12.5. The second-order valence-corrected chi connectivity index (χ2v) is 11.9. The largest absolute Gasteiger partial charge is 0.462 e. The minimum absolute atomic E-state index is 0.312. The standard InChI is InChI=1S/C30H34ClN7O/c1-35-12-4-7-22(35)18-39-30-33-25-16-37(26-9-3-6-20-5-2-8-24(31)28(20)26)13-11-23(25)29(34-30)38-14-10-21-15-36(19-32)17-27(21)38/h2-3,5-6,8-9,21-22,27H,4,7,10-18H2,1H3/t21-,22-,27+/m0/s1. The van der Waals surface area contributed by atoms with Crippen LogP contribution >= 0.6 is 11.6 Å². The highest BCUT2D eigenvalue weighted by atomic mass is 35.5. The molecule has 3 aromatic rings. The molecule has 8 nitrogen and oxygen atoms in total. The van der Waals surface area contributed by atoms with Crippen LogP contribution < -0.4 is 14.5 Å². The molecular formula is C30H34ClN7O. The smallest absolute Gasteiger partial charge is 0.318 e. The first kappa shape index (κ1) is 24.7. The number of likely N-dealkylation sites (tertiary alicyclic amines) is 2. The van der Waals surface area contributed by atoms with Crippen molar-refractivity contribution in [3.63, 3.8) is 0 Å². The Bertz CT molecular complexity index is 1440. The lowest BCUT2D eigenvalue weighted by atomic mass is 10.0. The fourth-order valence-corrected chi connectivity index (χ4v) is 7.38. The van der Waals surface area contributed by atoms with Crippen LogP contribution in [0.5, 0.6) is 6.01 Å². The molecule has 0 spiro atoms. The molecule has 3 atom stereocenters. The van der Waals surface area contributed by atoms with E-state index >= 15 is 0 Å². The van der Waals surface area contributed by atoms with Gasteiger partial charge in [-0.05, 0) is 56.8 Å². The number of benzene rings is 2. The molecule has 0 bridgehead atoms. The van der Waals surface area contributed by atoms with E-state index in [-0.39, 0.29) is 0 Å². The van der Waals surface area contributed by atoms with Gasteiger partial charge in [-0.1, -0.05) is 35.9 Å². The Hall–Kier alpha value is -3.28. The first-order chi connectivity index (χ1) is 19.1. The molecule has 3 saturated heterocycles. The zero-order valence-corrected chi connectivity index (χ0v) is 23.1. The topological polar surface area (TPSA) is 71.8 Å². The number of hydrogen-bond donors (Lipinski definition) is 0. The first-order valence-electron chi connectivity index (χ1n) is 14.2. The molecular weight excluding hydrogens is 510 g/mol. The van der Waals surface area contributed by atoms with Crippen LogP contribution in [0.2, 0.25) is 5.02 Å². The summed E-state index contributed by atoms with van der Waals surface area (Å²) in [4.78, 5) is 19.2. The molecule has 4 aliphatic rings. The van der Waals surface area contributed by atoms with E-state index in [1.807, 2.05) is 17.0 Å². The van der Waals surface area contributed by atoms with E-state index in [0.717, 1.165) is 85.0 Å². The van der Waals surface area contributed by atoms with Crippen LogP contribution in [0.15, 0.2) is 36.4 Å². The second-order valence-electron chi connectivity index (χ2n) is 11.4. The number of halogens is 1. The number of hydrogen-bond acceptors (Lipinski definition) is 8.